The smallest absolute Gasteiger partial charge is 0.348 e. The van der Waals surface area contributed by atoms with Crippen molar-refractivity contribution in [3.63, 3.8) is 0 Å². The van der Waals surface area contributed by atoms with Gasteiger partial charge in [-0.2, -0.15) is 5.26 Å². The Hall–Kier alpha value is -2.90. The van der Waals surface area contributed by atoms with Gasteiger partial charge in [0.1, 0.15) is 4.88 Å². The molecule has 0 aliphatic heterocycles. The minimum atomic E-state index is -0.293. The Morgan fingerprint density at radius 3 is 2.62 bits per heavy atom. The van der Waals surface area contributed by atoms with Crippen molar-refractivity contribution in [2.24, 2.45) is 0 Å². The topological polar surface area (TPSA) is 50.1 Å². The highest BCUT2D eigenvalue weighted by molar-refractivity contribution is 7.21. The SMILES string of the molecule is CCOC(=O)c1sc2ccccc2c1/C=C/c1ccc(C#N)cc1. The average Bonchev–Trinajstić information content (AvgIpc) is 2.99. The number of hydrogen-bond donors (Lipinski definition) is 0. The molecule has 0 saturated heterocycles. The van der Waals surface area contributed by atoms with Gasteiger partial charge in [0.25, 0.3) is 0 Å². The van der Waals surface area contributed by atoms with E-state index in [0.717, 1.165) is 21.2 Å². The summed E-state index contributed by atoms with van der Waals surface area (Å²) in [7, 11) is 0. The Balaban J connectivity index is 2.03. The van der Waals surface area contributed by atoms with E-state index in [9.17, 15) is 4.79 Å². The van der Waals surface area contributed by atoms with Crippen molar-refractivity contribution in [3.05, 3.63) is 70.1 Å². The van der Waals surface area contributed by atoms with Crippen LogP contribution in [0.15, 0.2) is 48.5 Å². The molecule has 0 aliphatic rings. The van der Waals surface area contributed by atoms with Crippen LogP contribution in [-0.4, -0.2) is 12.6 Å². The Labute approximate surface area is 144 Å². The van der Waals surface area contributed by atoms with Crippen LogP contribution in [0.5, 0.6) is 0 Å². The van der Waals surface area contributed by atoms with Crippen LogP contribution >= 0.6 is 11.3 Å². The van der Waals surface area contributed by atoms with Gasteiger partial charge in [-0.15, -0.1) is 11.3 Å². The molecular weight excluding hydrogens is 318 g/mol. The third-order valence-electron chi connectivity index (χ3n) is 3.58. The summed E-state index contributed by atoms with van der Waals surface area (Å²) in [5.74, 6) is -0.293. The van der Waals surface area contributed by atoms with Crippen LogP contribution in [0.4, 0.5) is 0 Å². The Bertz CT molecular complexity index is 946. The summed E-state index contributed by atoms with van der Waals surface area (Å²) >= 11 is 1.44. The zero-order valence-corrected chi connectivity index (χ0v) is 14.0. The van der Waals surface area contributed by atoms with Crippen molar-refractivity contribution >= 4 is 39.5 Å². The van der Waals surface area contributed by atoms with Gasteiger partial charge in [0.05, 0.1) is 18.2 Å². The summed E-state index contributed by atoms with van der Waals surface area (Å²) in [4.78, 5) is 12.9. The highest BCUT2D eigenvalue weighted by Gasteiger charge is 2.17. The van der Waals surface area contributed by atoms with Crippen molar-refractivity contribution in [1.82, 2.24) is 0 Å². The Morgan fingerprint density at radius 2 is 1.92 bits per heavy atom. The van der Waals surface area contributed by atoms with E-state index in [2.05, 4.69) is 6.07 Å². The number of esters is 1. The van der Waals surface area contributed by atoms with Gasteiger partial charge in [-0.05, 0) is 30.7 Å². The van der Waals surface area contributed by atoms with Crippen molar-refractivity contribution in [3.8, 4) is 6.07 Å². The molecule has 3 aromatic rings. The summed E-state index contributed by atoms with van der Waals surface area (Å²) in [6, 6.07) is 17.3. The maximum Gasteiger partial charge on any atom is 0.348 e. The van der Waals surface area contributed by atoms with E-state index >= 15 is 0 Å². The molecule has 0 radical (unpaired) electrons. The second kappa shape index (κ2) is 7.12. The fraction of sp³-hybridized carbons (Fsp3) is 0.100. The van der Waals surface area contributed by atoms with E-state index < -0.39 is 0 Å². The van der Waals surface area contributed by atoms with Gasteiger partial charge in [0.15, 0.2) is 0 Å². The summed E-state index contributed by atoms with van der Waals surface area (Å²) in [6.07, 6.45) is 3.88. The molecule has 0 N–H and O–H groups in total. The number of benzene rings is 2. The minimum absolute atomic E-state index is 0.293. The second-order valence-corrected chi connectivity index (χ2v) is 6.18. The van der Waals surface area contributed by atoms with E-state index in [-0.39, 0.29) is 5.97 Å². The maximum atomic E-state index is 12.2. The fourth-order valence-corrected chi connectivity index (χ4v) is 3.51. The van der Waals surface area contributed by atoms with Crippen LogP contribution in [-0.2, 0) is 4.74 Å². The van der Waals surface area contributed by atoms with Crippen molar-refractivity contribution in [1.29, 1.82) is 5.26 Å². The van der Waals surface area contributed by atoms with E-state index in [1.54, 1.807) is 19.1 Å². The molecule has 0 spiro atoms. The minimum Gasteiger partial charge on any atom is -0.462 e. The van der Waals surface area contributed by atoms with E-state index in [1.165, 1.54) is 11.3 Å². The molecule has 3 rings (SSSR count). The zero-order chi connectivity index (χ0) is 16.9. The lowest BCUT2D eigenvalue weighted by atomic mass is 10.1. The van der Waals surface area contributed by atoms with Crippen LogP contribution in [0, 0.1) is 11.3 Å². The number of fused-ring (bicyclic) bond motifs is 1. The van der Waals surface area contributed by atoms with Crippen LogP contribution in [0.2, 0.25) is 0 Å². The monoisotopic (exact) mass is 333 g/mol. The van der Waals surface area contributed by atoms with Crippen molar-refractivity contribution in [2.45, 2.75) is 6.92 Å². The number of rotatable bonds is 4. The highest BCUT2D eigenvalue weighted by Crippen LogP contribution is 2.33. The molecule has 3 nitrogen and oxygen atoms in total. The van der Waals surface area contributed by atoms with Crippen molar-refractivity contribution < 1.29 is 9.53 Å². The third kappa shape index (κ3) is 3.22. The summed E-state index contributed by atoms with van der Waals surface area (Å²) < 4.78 is 6.24. The van der Waals surface area contributed by atoms with E-state index in [1.807, 2.05) is 48.6 Å². The summed E-state index contributed by atoms with van der Waals surface area (Å²) in [5, 5.41) is 9.89. The van der Waals surface area contributed by atoms with Gasteiger partial charge < -0.3 is 4.74 Å². The molecule has 0 fully saturated rings. The van der Waals surface area contributed by atoms with Gasteiger partial charge >= 0.3 is 5.97 Å². The quantitative estimate of drug-likeness (QED) is 0.623. The first-order valence-corrected chi connectivity index (χ1v) is 8.41. The average molecular weight is 333 g/mol. The lowest BCUT2D eigenvalue weighted by Crippen LogP contribution is -2.03. The number of carbonyl (C=O) groups excluding carboxylic acids is 1. The first-order valence-electron chi connectivity index (χ1n) is 7.60. The van der Waals surface area contributed by atoms with Crippen LogP contribution in [0.25, 0.3) is 22.2 Å². The van der Waals surface area contributed by atoms with Gasteiger partial charge in [-0.3, -0.25) is 0 Å². The highest BCUT2D eigenvalue weighted by atomic mass is 32.1. The van der Waals surface area contributed by atoms with Gasteiger partial charge in [0, 0.05) is 15.6 Å². The van der Waals surface area contributed by atoms with Gasteiger partial charge in [-0.25, -0.2) is 4.79 Å². The summed E-state index contributed by atoms with van der Waals surface area (Å²) in [6.45, 7) is 2.16. The zero-order valence-electron chi connectivity index (χ0n) is 13.2. The van der Waals surface area contributed by atoms with E-state index in [0.29, 0.717) is 17.0 Å². The first-order chi connectivity index (χ1) is 11.7. The van der Waals surface area contributed by atoms with Gasteiger partial charge in [0.2, 0.25) is 0 Å². The molecule has 4 heteroatoms. The predicted octanol–water partition coefficient (Wildman–Crippen LogP) is 5.12. The molecule has 1 heterocycles. The fourth-order valence-electron chi connectivity index (χ4n) is 2.43. The lowest BCUT2D eigenvalue weighted by molar-refractivity contribution is 0.0532. The molecule has 118 valence electrons. The molecule has 2 aromatic carbocycles. The molecule has 1 aromatic heterocycles. The molecule has 0 bridgehead atoms. The predicted molar refractivity (Wildman–Crippen MR) is 97.9 cm³/mol. The number of hydrogen-bond acceptors (Lipinski definition) is 4. The van der Waals surface area contributed by atoms with E-state index in [4.69, 9.17) is 10.00 Å². The number of thiophene rings is 1. The maximum absolute atomic E-state index is 12.2. The second-order valence-electron chi connectivity index (χ2n) is 5.13. The van der Waals surface area contributed by atoms with Crippen LogP contribution < -0.4 is 0 Å². The number of carbonyl (C=O) groups is 1. The molecule has 0 unspecified atom stereocenters. The van der Waals surface area contributed by atoms with Crippen LogP contribution in [0.1, 0.15) is 33.3 Å². The van der Waals surface area contributed by atoms with Crippen LogP contribution in [0.3, 0.4) is 0 Å². The Kier molecular flexibility index (Phi) is 4.74. The molecule has 0 atom stereocenters. The summed E-state index contributed by atoms with van der Waals surface area (Å²) in [5.41, 5.74) is 2.47. The molecular formula is C20H15NO2S. The van der Waals surface area contributed by atoms with Crippen molar-refractivity contribution in [2.75, 3.05) is 6.61 Å². The molecule has 24 heavy (non-hydrogen) atoms. The molecule has 0 aliphatic carbocycles. The Morgan fingerprint density at radius 1 is 1.17 bits per heavy atom. The number of nitrogens with zero attached hydrogens (tertiary/aromatic N) is 1. The molecule has 0 amide bonds. The normalized spacial score (nSPS) is 10.8. The number of nitriles is 1. The number of ether oxygens (including phenoxy) is 1. The van der Waals surface area contributed by atoms with Gasteiger partial charge in [-0.1, -0.05) is 42.5 Å². The third-order valence-corrected chi connectivity index (χ3v) is 4.74. The largest absolute Gasteiger partial charge is 0.462 e. The lowest BCUT2D eigenvalue weighted by Gasteiger charge is -2.01. The molecule has 0 saturated carbocycles. The first kappa shape index (κ1) is 16.0. The standard InChI is InChI=1S/C20H15NO2S/c1-2-23-20(22)19-17(16-5-3-4-6-18(16)24-19)12-11-14-7-9-15(13-21)10-8-14/h3-12H,2H2,1H3/b12-11+.